The minimum atomic E-state index is -0.859. The molecule has 3 rings (SSSR count). The van der Waals surface area contributed by atoms with Gasteiger partial charge >= 0.3 is 5.97 Å². The standard InChI is InChI=1S/C24H37NO4/c1-17-16-20(24(28)29)11-10-18(17)8-5-9-21-12-13-23(27)25(21)15-14-22(26)19-6-3-2-4-7-19/h10-11,16-19,21-22,26H,2-9,12-15H2,1H3,(H,28,29)/t17?,18?,21-,22-/m0/s1. The molecule has 0 bridgehead atoms. The second-order valence-electron chi connectivity index (χ2n) is 9.27. The number of hydrogen-bond donors (Lipinski definition) is 2. The van der Waals surface area contributed by atoms with Crippen LogP contribution in [0.5, 0.6) is 0 Å². The molecule has 0 spiro atoms. The Morgan fingerprint density at radius 3 is 2.66 bits per heavy atom. The summed E-state index contributed by atoms with van der Waals surface area (Å²) in [4.78, 5) is 25.5. The van der Waals surface area contributed by atoms with Crippen LogP contribution in [0.2, 0.25) is 0 Å². The van der Waals surface area contributed by atoms with E-state index in [1.54, 1.807) is 6.08 Å². The molecule has 1 saturated heterocycles. The van der Waals surface area contributed by atoms with Crippen molar-refractivity contribution in [3.8, 4) is 0 Å². The van der Waals surface area contributed by atoms with Crippen LogP contribution < -0.4 is 0 Å². The molecular weight excluding hydrogens is 366 g/mol. The van der Waals surface area contributed by atoms with Crippen molar-refractivity contribution in [2.24, 2.45) is 17.8 Å². The average molecular weight is 404 g/mol. The molecule has 1 heterocycles. The topological polar surface area (TPSA) is 77.8 Å². The lowest BCUT2D eigenvalue weighted by Crippen LogP contribution is -2.36. The fourth-order valence-corrected chi connectivity index (χ4v) is 5.38. The van der Waals surface area contributed by atoms with Gasteiger partial charge < -0.3 is 15.1 Å². The summed E-state index contributed by atoms with van der Waals surface area (Å²) < 4.78 is 0. The highest BCUT2D eigenvalue weighted by molar-refractivity contribution is 5.90. The molecular formula is C24H37NO4. The minimum Gasteiger partial charge on any atom is -0.478 e. The number of aliphatic carboxylic acids is 1. The van der Waals surface area contributed by atoms with E-state index in [0.29, 0.717) is 42.8 Å². The highest BCUT2D eigenvalue weighted by Crippen LogP contribution is 2.31. The molecule has 2 fully saturated rings. The minimum absolute atomic E-state index is 0.234. The van der Waals surface area contributed by atoms with Gasteiger partial charge in [0.25, 0.3) is 0 Å². The number of carbonyl (C=O) groups excluding carboxylic acids is 1. The van der Waals surface area contributed by atoms with Gasteiger partial charge in [0.2, 0.25) is 5.91 Å². The summed E-state index contributed by atoms with van der Waals surface area (Å²) in [5.41, 5.74) is 0.387. The third-order valence-electron chi connectivity index (χ3n) is 7.27. The van der Waals surface area contributed by atoms with E-state index in [2.05, 4.69) is 6.92 Å². The van der Waals surface area contributed by atoms with Crippen LogP contribution in [-0.2, 0) is 9.59 Å². The number of carbonyl (C=O) groups is 2. The number of amides is 1. The van der Waals surface area contributed by atoms with Gasteiger partial charge in [-0.2, -0.15) is 0 Å². The van der Waals surface area contributed by atoms with E-state index in [4.69, 9.17) is 5.11 Å². The molecule has 4 atom stereocenters. The predicted molar refractivity (Wildman–Crippen MR) is 113 cm³/mol. The first kappa shape index (κ1) is 22.1. The highest BCUT2D eigenvalue weighted by atomic mass is 16.4. The number of likely N-dealkylation sites (tertiary alicyclic amines) is 1. The zero-order valence-corrected chi connectivity index (χ0v) is 17.8. The first-order valence-electron chi connectivity index (χ1n) is 11.6. The molecule has 3 aliphatic rings. The zero-order chi connectivity index (χ0) is 20.8. The number of allylic oxidation sites excluding steroid dienone is 2. The number of hydrogen-bond acceptors (Lipinski definition) is 3. The van der Waals surface area contributed by atoms with Crippen LogP contribution >= 0.6 is 0 Å². The largest absolute Gasteiger partial charge is 0.478 e. The molecule has 5 heteroatoms. The Kier molecular flexibility index (Phi) is 7.93. The molecule has 1 amide bonds. The van der Waals surface area contributed by atoms with Gasteiger partial charge in [0.05, 0.1) is 11.7 Å². The molecule has 0 aromatic carbocycles. The summed E-state index contributed by atoms with van der Waals surface area (Å²) in [6.45, 7) is 2.76. The van der Waals surface area contributed by atoms with Crippen LogP contribution in [-0.4, -0.2) is 45.7 Å². The summed E-state index contributed by atoms with van der Waals surface area (Å²) in [6.07, 6.45) is 16.7. The monoisotopic (exact) mass is 403 g/mol. The van der Waals surface area contributed by atoms with Gasteiger partial charge in [-0.15, -0.1) is 0 Å². The Bertz CT molecular complexity index is 635. The van der Waals surface area contributed by atoms with E-state index < -0.39 is 5.97 Å². The number of nitrogens with zero attached hydrogens (tertiary/aromatic N) is 1. The second-order valence-corrected chi connectivity index (χ2v) is 9.27. The lowest BCUT2D eigenvalue weighted by Gasteiger charge is -2.30. The van der Waals surface area contributed by atoms with Gasteiger partial charge in [0.1, 0.15) is 0 Å². The van der Waals surface area contributed by atoms with E-state index >= 15 is 0 Å². The summed E-state index contributed by atoms with van der Waals surface area (Å²) in [6, 6.07) is 0.300. The Morgan fingerprint density at radius 1 is 1.21 bits per heavy atom. The Hall–Kier alpha value is -1.62. The van der Waals surface area contributed by atoms with Crippen LogP contribution in [0.15, 0.2) is 23.8 Å². The van der Waals surface area contributed by atoms with Crippen molar-refractivity contribution in [1.82, 2.24) is 4.90 Å². The average Bonchev–Trinajstić information content (AvgIpc) is 3.07. The van der Waals surface area contributed by atoms with Crippen LogP contribution in [0.3, 0.4) is 0 Å². The van der Waals surface area contributed by atoms with Gasteiger partial charge in [0, 0.05) is 19.0 Å². The number of rotatable bonds is 9. The number of carboxylic acid groups (broad SMARTS) is 1. The Balaban J connectivity index is 1.42. The van der Waals surface area contributed by atoms with Gasteiger partial charge in [-0.05, 0) is 56.3 Å². The number of carboxylic acids is 1. The van der Waals surface area contributed by atoms with Gasteiger partial charge in [0.15, 0.2) is 0 Å². The predicted octanol–water partition coefficient (Wildman–Crippen LogP) is 4.31. The van der Waals surface area contributed by atoms with Crippen molar-refractivity contribution in [3.05, 3.63) is 23.8 Å². The third kappa shape index (κ3) is 5.94. The smallest absolute Gasteiger partial charge is 0.335 e. The molecule has 1 saturated carbocycles. The molecule has 0 aromatic rings. The lowest BCUT2D eigenvalue weighted by molar-refractivity contribution is -0.132. The fraction of sp³-hybridized carbons (Fsp3) is 0.750. The molecule has 0 radical (unpaired) electrons. The molecule has 5 nitrogen and oxygen atoms in total. The first-order chi connectivity index (χ1) is 14.0. The van der Waals surface area contributed by atoms with Crippen LogP contribution in [0, 0.1) is 17.8 Å². The van der Waals surface area contributed by atoms with E-state index in [0.717, 1.165) is 38.5 Å². The number of aliphatic hydroxyl groups is 1. The lowest BCUT2D eigenvalue weighted by atomic mass is 9.83. The Morgan fingerprint density at radius 2 is 1.97 bits per heavy atom. The zero-order valence-electron chi connectivity index (χ0n) is 17.8. The summed E-state index contributed by atoms with van der Waals surface area (Å²) in [5.74, 6) is 0.408. The highest BCUT2D eigenvalue weighted by Gasteiger charge is 2.32. The third-order valence-corrected chi connectivity index (χ3v) is 7.27. The molecule has 162 valence electrons. The maximum absolute atomic E-state index is 12.4. The maximum atomic E-state index is 12.4. The van der Waals surface area contributed by atoms with Gasteiger partial charge in [-0.3, -0.25) is 4.79 Å². The van der Waals surface area contributed by atoms with E-state index in [-0.39, 0.29) is 17.9 Å². The van der Waals surface area contributed by atoms with E-state index in [9.17, 15) is 14.7 Å². The Labute approximate surface area is 174 Å². The summed E-state index contributed by atoms with van der Waals surface area (Å²) >= 11 is 0. The molecule has 1 aliphatic heterocycles. The van der Waals surface area contributed by atoms with Crippen molar-refractivity contribution in [3.63, 3.8) is 0 Å². The quantitative estimate of drug-likeness (QED) is 0.601. The molecule has 2 unspecified atom stereocenters. The fourth-order valence-electron chi connectivity index (χ4n) is 5.38. The van der Waals surface area contributed by atoms with Crippen LogP contribution in [0.4, 0.5) is 0 Å². The first-order valence-corrected chi connectivity index (χ1v) is 11.6. The normalized spacial score (nSPS) is 29.2. The van der Waals surface area contributed by atoms with Crippen LogP contribution in [0.1, 0.15) is 77.6 Å². The van der Waals surface area contributed by atoms with Crippen molar-refractivity contribution in [2.75, 3.05) is 6.54 Å². The summed E-state index contributed by atoms with van der Waals surface area (Å²) in [5, 5.41) is 19.7. The molecule has 29 heavy (non-hydrogen) atoms. The SMILES string of the molecule is CC1C=C(C(=O)O)C=CC1CCC[C@H]1CCC(=O)N1CC[C@H](O)C1CCCCC1. The van der Waals surface area contributed by atoms with E-state index in [1.165, 1.54) is 19.3 Å². The van der Waals surface area contributed by atoms with Gasteiger partial charge in [-0.1, -0.05) is 50.8 Å². The van der Waals surface area contributed by atoms with E-state index in [1.807, 2.05) is 17.1 Å². The molecule has 2 aliphatic carbocycles. The molecule has 2 N–H and O–H groups in total. The van der Waals surface area contributed by atoms with Crippen LogP contribution in [0.25, 0.3) is 0 Å². The number of aliphatic hydroxyl groups excluding tert-OH is 1. The van der Waals surface area contributed by atoms with Crippen molar-refractivity contribution in [1.29, 1.82) is 0 Å². The van der Waals surface area contributed by atoms with Crippen molar-refractivity contribution < 1.29 is 19.8 Å². The maximum Gasteiger partial charge on any atom is 0.335 e. The van der Waals surface area contributed by atoms with Crippen molar-refractivity contribution in [2.45, 2.75) is 89.7 Å². The second kappa shape index (κ2) is 10.4. The van der Waals surface area contributed by atoms with Crippen molar-refractivity contribution >= 4 is 11.9 Å². The summed E-state index contributed by atoms with van der Waals surface area (Å²) in [7, 11) is 0. The van der Waals surface area contributed by atoms with Gasteiger partial charge in [-0.25, -0.2) is 4.79 Å². The molecule has 0 aromatic heterocycles.